The van der Waals surface area contributed by atoms with Crippen LogP contribution in [0.25, 0.3) is 0 Å². The lowest BCUT2D eigenvalue weighted by atomic mass is 10.1. The van der Waals surface area contributed by atoms with Crippen molar-refractivity contribution in [1.29, 1.82) is 0 Å². The smallest absolute Gasteiger partial charge is 0.416 e. The predicted molar refractivity (Wildman–Crippen MR) is 101 cm³/mol. The normalized spacial score (nSPS) is 11.8. The van der Waals surface area contributed by atoms with Crippen LogP contribution in [0.3, 0.4) is 0 Å². The zero-order chi connectivity index (χ0) is 22.0. The Labute approximate surface area is 171 Å². The largest absolute Gasteiger partial charge is 0.460 e. The molecule has 2 aromatic rings. The molecule has 0 heterocycles. The van der Waals surface area contributed by atoms with Crippen LogP contribution in [0.4, 0.5) is 18.9 Å². The third-order valence-electron chi connectivity index (χ3n) is 3.82. The monoisotopic (exact) mass is 445 g/mol. The zero-order valence-corrected chi connectivity index (χ0v) is 17.2. The van der Waals surface area contributed by atoms with Crippen molar-refractivity contribution in [3.63, 3.8) is 0 Å². The first-order valence-corrected chi connectivity index (χ1v) is 9.97. The molecule has 0 N–H and O–H groups in total. The molecule has 2 radical (unpaired) electrons. The predicted octanol–water partition coefficient (Wildman–Crippen LogP) is 5.70. The Kier molecular flexibility index (Phi) is 6.59. The van der Waals surface area contributed by atoms with Gasteiger partial charge in [-0.3, -0.25) is 10.1 Å². The topological polar surface area (TPSA) is 78.7 Å². The van der Waals surface area contributed by atoms with E-state index in [1.807, 2.05) is 6.55 Å². The van der Waals surface area contributed by atoms with Crippen molar-refractivity contribution < 1.29 is 32.4 Å². The van der Waals surface area contributed by atoms with Crippen LogP contribution in [-0.4, -0.2) is 25.6 Å². The molecule has 29 heavy (non-hydrogen) atoms. The minimum absolute atomic E-state index is 0.0269. The van der Waals surface area contributed by atoms with Gasteiger partial charge >= 0.3 is 12.1 Å². The number of alkyl halides is 3. The van der Waals surface area contributed by atoms with Crippen molar-refractivity contribution in [2.45, 2.75) is 31.8 Å². The first-order chi connectivity index (χ1) is 13.3. The molecule has 0 fully saturated rings. The molecule has 0 amide bonds. The Morgan fingerprint density at radius 2 is 1.83 bits per heavy atom. The first-order valence-electron chi connectivity index (χ1n) is 8.09. The lowest BCUT2D eigenvalue weighted by Gasteiger charge is -2.22. The van der Waals surface area contributed by atoms with Crippen molar-refractivity contribution in [2.24, 2.45) is 0 Å². The van der Waals surface area contributed by atoms with Crippen LogP contribution >= 0.6 is 11.6 Å². The van der Waals surface area contributed by atoms with E-state index in [1.54, 1.807) is 13.8 Å². The summed E-state index contributed by atoms with van der Waals surface area (Å²) in [7, 11) is 0.227. The maximum Gasteiger partial charge on any atom is 0.416 e. The van der Waals surface area contributed by atoms with Gasteiger partial charge in [0.2, 0.25) is 0 Å². The fraction of sp³-hybridized carbons (Fsp3) is 0.278. The van der Waals surface area contributed by atoms with Crippen molar-refractivity contribution in [1.82, 2.24) is 0 Å². The summed E-state index contributed by atoms with van der Waals surface area (Å²) in [5.74, 6) is -1.05. The summed E-state index contributed by atoms with van der Waals surface area (Å²) in [6, 6.07) is 5.84. The van der Waals surface area contributed by atoms with Gasteiger partial charge in [-0.15, -0.1) is 0 Å². The molecular weight excluding hydrogens is 431 g/mol. The van der Waals surface area contributed by atoms with Crippen LogP contribution in [0.1, 0.15) is 29.8 Å². The van der Waals surface area contributed by atoms with Gasteiger partial charge in [0.1, 0.15) is 17.1 Å². The molecule has 0 unspecified atom stereocenters. The van der Waals surface area contributed by atoms with Gasteiger partial charge in [0.15, 0.2) is 0 Å². The van der Waals surface area contributed by atoms with E-state index in [4.69, 9.17) is 21.1 Å². The minimum atomic E-state index is -4.57. The number of nitro benzene ring substituents is 1. The molecule has 0 spiro atoms. The summed E-state index contributed by atoms with van der Waals surface area (Å²) < 4.78 is 49.0. The van der Waals surface area contributed by atoms with E-state index in [1.165, 1.54) is 6.07 Å². The lowest BCUT2D eigenvalue weighted by molar-refractivity contribution is -0.385. The highest BCUT2D eigenvalue weighted by atomic mass is 35.5. The van der Waals surface area contributed by atoms with Crippen LogP contribution in [0.2, 0.25) is 11.6 Å². The maximum absolute atomic E-state index is 12.7. The van der Waals surface area contributed by atoms with Gasteiger partial charge in [-0.2, -0.15) is 13.2 Å². The van der Waals surface area contributed by atoms with E-state index in [2.05, 4.69) is 0 Å². The summed E-state index contributed by atoms with van der Waals surface area (Å²) in [5, 5.41) is 10.1. The molecule has 154 valence electrons. The van der Waals surface area contributed by atoms with Gasteiger partial charge in [-0.05, 0) is 38.1 Å². The van der Waals surface area contributed by atoms with Gasteiger partial charge in [0.05, 0.1) is 30.3 Å². The second-order valence-electron chi connectivity index (χ2n) is 6.33. The Hall–Kier alpha value is -2.59. The van der Waals surface area contributed by atoms with E-state index in [0.29, 0.717) is 6.07 Å². The minimum Gasteiger partial charge on any atom is -0.460 e. The number of esters is 1. The van der Waals surface area contributed by atoms with Gasteiger partial charge in [0, 0.05) is 12.1 Å². The van der Waals surface area contributed by atoms with Crippen LogP contribution < -0.4 is 4.74 Å². The fourth-order valence-electron chi connectivity index (χ4n) is 2.13. The molecule has 11 heteroatoms. The molecule has 2 rings (SSSR count). The van der Waals surface area contributed by atoms with E-state index in [-0.39, 0.29) is 31.6 Å². The van der Waals surface area contributed by atoms with Crippen LogP contribution in [0.5, 0.6) is 11.5 Å². The van der Waals surface area contributed by atoms with Gasteiger partial charge in [0.25, 0.3) is 5.69 Å². The number of ether oxygens (including phenoxy) is 2. The van der Waals surface area contributed by atoms with Gasteiger partial charge in [-0.1, -0.05) is 18.1 Å². The van der Waals surface area contributed by atoms with Crippen LogP contribution in [-0.2, 0) is 10.9 Å². The number of benzene rings is 2. The SMILES string of the molecule is C[Si]C(C)(C)OC(=O)c1cc(Oc2ccc(C(F)(F)F)cc2Cl)ccc1[N+](=O)[O-]. The van der Waals surface area contributed by atoms with Crippen LogP contribution in [0.15, 0.2) is 36.4 Å². The number of rotatable bonds is 6. The Balaban J connectivity index is 2.38. The molecule has 0 atom stereocenters. The van der Waals surface area contributed by atoms with Gasteiger partial charge in [-0.25, -0.2) is 4.79 Å². The molecule has 0 saturated heterocycles. The number of halogens is 4. The van der Waals surface area contributed by atoms with E-state index < -0.39 is 33.5 Å². The second kappa shape index (κ2) is 8.42. The van der Waals surface area contributed by atoms with Crippen LogP contribution in [0, 0.1) is 10.1 Å². The Morgan fingerprint density at radius 1 is 1.17 bits per heavy atom. The summed E-state index contributed by atoms with van der Waals surface area (Å²) in [6.07, 6.45) is -4.57. The number of carbonyl (C=O) groups excluding carboxylic acids is 1. The summed E-state index contributed by atoms with van der Waals surface area (Å²) in [4.78, 5) is 22.9. The average Bonchev–Trinajstić information content (AvgIpc) is 2.62. The highest BCUT2D eigenvalue weighted by Gasteiger charge is 2.31. The molecule has 6 nitrogen and oxygen atoms in total. The highest BCUT2D eigenvalue weighted by molar-refractivity contribution is 6.37. The lowest BCUT2D eigenvalue weighted by Crippen LogP contribution is -2.33. The maximum atomic E-state index is 12.7. The van der Waals surface area contributed by atoms with Crippen molar-refractivity contribution in [3.05, 3.63) is 62.7 Å². The summed E-state index contributed by atoms with van der Waals surface area (Å²) >= 11 is 5.85. The Morgan fingerprint density at radius 3 is 2.34 bits per heavy atom. The number of nitro groups is 1. The molecule has 0 aliphatic rings. The molecule has 0 aliphatic carbocycles. The quantitative estimate of drug-likeness (QED) is 0.246. The first kappa shape index (κ1) is 22.7. The molecule has 0 aromatic heterocycles. The van der Waals surface area contributed by atoms with E-state index in [9.17, 15) is 28.1 Å². The third kappa shape index (κ3) is 5.70. The van der Waals surface area contributed by atoms with E-state index >= 15 is 0 Å². The second-order valence-corrected chi connectivity index (χ2v) is 8.44. The standard InChI is InChI=1S/C18H15ClF3NO5Si/c1-17(2,29-3)28-16(24)12-9-11(5-6-14(12)23(25)26)27-15-7-4-10(8-13(15)19)18(20,21)22/h4-9H,1-3H3. The number of hydrogen-bond donors (Lipinski definition) is 0. The fourth-order valence-corrected chi connectivity index (χ4v) is 2.54. The Bertz CT molecular complexity index is 950. The molecular formula is C18H15ClF3NO5Si. The summed E-state index contributed by atoms with van der Waals surface area (Å²) in [6.45, 7) is 5.14. The van der Waals surface area contributed by atoms with E-state index in [0.717, 1.165) is 24.3 Å². The zero-order valence-electron chi connectivity index (χ0n) is 15.5. The molecule has 0 aliphatic heterocycles. The highest BCUT2D eigenvalue weighted by Crippen LogP contribution is 2.37. The van der Waals surface area contributed by atoms with Crippen molar-refractivity contribution >= 4 is 32.8 Å². The third-order valence-corrected chi connectivity index (χ3v) is 5.42. The number of nitrogens with zero attached hydrogens (tertiary/aromatic N) is 1. The van der Waals surface area contributed by atoms with Gasteiger partial charge < -0.3 is 9.47 Å². The number of carbonyl (C=O) groups is 1. The molecule has 0 saturated carbocycles. The molecule has 2 aromatic carbocycles. The average molecular weight is 446 g/mol. The summed E-state index contributed by atoms with van der Waals surface area (Å²) in [5.41, 5.74) is -1.79. The van der Waals surface area contributed by atoms with Crippen molar-refractivity contribution in [2.75, 3.05) is 0 Å². The molecule has 0 bridgehead atoms. The van der Waals surface area contributed by atoms with Crippen molar-refractivity contribution in [3.8, 4) is 11.5 Å². The number of hydrogen-bond acceptors (Lipinski definition) is 5.